The lowest BCUT2D eigenvalue weighted by Gasteiger charge is -2.29. The Morgan fingerprint density at radius 1 is 1.36 bits per heavy atom. The van der Waals surface area contributed by atoms with Crippen LogP contribution in [-0.2, 0) is 0 Å². The monoisotopic (exact) mass is 197 g/mol. The minimum absolute atomic E-state index is 0.300. The van der Waals surface area contributed by atoms with E-state index < -0.39 is 11.5 Å². The van der Waals surface area contributed by atoms with Crippen molar-refractivity contribution in [1.82, 2.24) is 0 Å². The summed E-state index contributed by atoms with van der Waals surface area (Å²) in [4.78, 5) is 0. The van der Waals surface area contributed by atoms with Gasteiger partial charge in [0.1, 0.15) is 5.82 Å². The molecule has 1 aromatic rings. The Morgan fingerprint density at radius 3 is 2.29 bits per heavy atom. The first-order chi connectivity index (χ1) is 6.47. The predicted molar refractivity (Wildman–Crippen MR) is 54.2 cm³/mol. The SMILES string of the molecule is CC(C)(CN)C(O)c1ccc(F)cc1. The Balaban J connectivity index is 2.89. The molecule has 3 N–H and O–H groups in total. The van der Waals surface area contributed by atoms with Crippen molar-refractivity contribution < 1.29 is 9.50 Å². The third-order valence-corrected chi connectivity index (χ3v) is 2.45. The maximum Gasteiger partial charge on any atom is 0.123 e. The molecule has 1 unspecified atom stereocenters. The molecule has 0 fully saturated rings. The zero-order valence-electron chi connectivity index (χ0n) is 8.50. The van der Waals surface area contributed by atoms with Crippen molar-refractivity contribution in [3.05, 3.63) is 35.6 Å². The third-order valence-electron chi connectivity index (χ3n) is 2.45. The van der Waals surface area contributed by atoms with Crippen molar-refractivity contribution >= 4 is 0 Å². The second-order valence-corrected chi connectivity index (χ2v) is 4.15. The zero-order chi connectivity index (χ0) is 10.8. The van der Waals surface area contributed by atoms with Gasteiger partial charge >= 0.3 is 0 Å². The van der Waals surface area contributed by atoms with E-state index in [9.17, 15) is 9.50 Å². The largest absolute Gasteiger partial charge is 0.388 e. The van der Waals surface area contributed by atoms with E-state index in [0.29, 0.717) is 12.1 Å². The molecule has 0 aromatic heterocycles. The molecule has 1 atom stereocenters. The summed E-state index contributed by atoms with van der Waals surface area (Å²) in [6.07, 6.45) is -0.659. The van der Waals surface area contributed by atoms with Gasteiger partial charge in [-0.3, -0.25) is 0 Å². The number of hydrogen-bond donors (Lipinski definition) is 2. The highest BCUT2D eigenvalue weighted by Crippen LogP contribution is 2.31. The maximum absolute atomic E-state index is 12.6. The second kappa shape index (κ2) is 4.07. The summed E-state index contributed by atoms with van der Waals surface area (Å²) in [5.41, 5.74) is 5.85. The number of benzene rings is 1. The molecule has 0 radical (unpaired) electrons. The molecule has 2 nitrogen and oxygen atoms in total. The quantitative estimate of drug-likeness (QED) is 0.776. The van der Waals surface area contributed by atoms with Crippen LogP contribution in [-0.4, -0.2) is 11.7 Å². The van der Waals surface area contributed by atoms with Gasteiger partial charge in [0.2, 0.25) is 0 Å². The van der Waals surface area contributed by atoms with Crippen molar-refractivity contribution in [3.63, 3.8) is 0 Å². The van der Waals surface area contributed by atoms with Crippen molar-refractivity contribution in [2.45, 2.75) is 20.0 Å². The first-order valence-corrected chi connectivity index (χ1v) is 4.61. The van der Waals surface area contributed by atoms with E-state index in [4.69, 9.17) is 5.73 Å². The molecule has 0 aliphatic heterocycles. The summed E-state index contributed by atoms with van der Waals surface area (Å²) in [5.74, 6) is -0.300. The van der Waals surface area contributed by atoms with Gasteiger partial charge in [-0.25, -0.2) is 4.39 Å². The topological polar surface area (TPSA) is 46.2 Å². The minimum atomic E-state index is -0.659. The van der Waals surface area contributed by atoms with Gasteiger partial charge in [0.05, 0.1) is 6.10 Å². The molecular weight excluding hydrogens is 181 g/mol. The molecule has 14 heavy (non-hydrogen) atoms. The Kier molecular flexibility index (Phi) is 3.24. The first kappa shape index (κ1) is 11.1. The standard InChI is InChI=1S/C11H16FNO/c1-11(2,7-13)10(14)8-3-5-9(12)6-4-8/h3-6,10,14H,7,13H2,1-2H3. The summed E-state index contributed by atoms with van der Waals surface area (Å²) in [6.45, 7) is 4.13. The average molecular weight is 197 g/mol. The molecular formula is C11H16FNO. The normalized spacial score (nSPS) is 14.1. The minimum Gasteiger partial charge on any atom is -0.388 e. The molecule has 0 spiro atoms. The first-order valence-electron chi connectivity index (χ1n) is 4.61. The van der Waals surface area contributed by atoms with Gasteiger partial charge in [0.15, 0.2) is 0 Å². The number of aliphatic hydroxyl groups is 1. The molecule has 0 heterocycles. The molecule has 0 aliphatic carbocycles. The summed E-state index contributed by atoms with van der Waals surface area (Å²) < 4.78 is 12.6. The average Bonchev–Trinajstić information content (AvgIpc) is 2.18. The second-order valence-electron chi connectivity index (χ2n) is 4.15. The Bertz CT molecular complexity index is 295. The molecule has 0 saturated heterocycles. The molecule has 3 heteroatoms. The van der Waals surface area contributed by atoms with Crippen LogP contribution < -0.4 is 5.73 Å². The van der Waals surface area contributed by atoms with Crippen LogP contribution in [0.15, 0.2) is 24.3 Å². The van der Waals surface area contributed by atoms with Crippen LogP contribution in [0.5, 0.6) is 0 Å². The smallest absolute Gasteiger partial charge is 0.123 e. The van der Waals surface area contributed by atoms with Gasteiger partial charge in [-0.2, -0.15) is 0 Å². The van der Waals surface area contributed by atoms with Crippen LogP contribution in [0.25, 0.3) is 0 Å². The number of hydrogen-bond acceptors (Lipinski definition) is 2. The molecule has 0 aliphatic rings. The predicted octanol–water partition coefficient (Wildman–Crippen LogP) is 1.84. The summed E-state index contributed by atoms with van der Waals surface area (Å²) in [7, 11) is 0. The fourth-order valence-electron chi connectivity index (χ4n) is 1.21. The van der Waals surface area contributed by atoms with Crippen LogP contribution in [0.2, 0.25) is 0 Å². The lowest BCUT2D eigenvalue weighted by molar-refractivity contribution is 0.0554. The summed E-state index contributed by atoms with van der Waals surface area (Å²) in [5, 5.41) is 9.94. The number of halogens is 1. The summed E-state index contributed by atoms with van der Waals surface area (Å²) >= 11 is 0. The van der Waals surface area contributed by atoms with E-state index in [1.807, 2.05) is 13.8 Å². The van der Waals surface area contributed by atoms with Gasteiger partial charge in [0, 0.05) is 12.0 Å². The Labute approximate surface area is 83.6 Å². The molecule has 78 valence electrons. The third kappa shape index (κ3) is 2.30. The van der Waals surface area contributed by atoms with E-state index >= 15 is 0 Å². The van der Waals surface area contributed by atoms with E-state index in [0.717, 1.165) is 0 Å². The van der Waals surface area contributed by atoms with Crippen LogP contribution in [0.4, 0.5) is 4.39 Å². The van der Waals surface area contributed by atoms with Gasteiger partial charge in [-0.1, -0.05) is 26.0 Å². The Morgan fingerprint density at radius 2 is 1.86 bits per heavy atom. The van der Waals surface area contributed by atoms with Crippen LogP contribution in [0.3, 0.4) is 0 Å². The van der Waals surface area contributed by atoms with Crippen molar-refractivity contribution in [2.24, 2.45) is 11.1 Å². The Hall–Kier alpha value is -0.930. The van der Waals surface area contributed by atoms with Crippen molar-refractivity contribution in [2.75, 3.05) is 6.54 Å². The van der Waals surface area contributed by atoms with Gasteiger partial charge in [0.25, 0.3) is 0 Å². The number of aliphatic hydroxyl groups excluding tert-OH is 1. The van der Waals surface area contributed by atoms with Crippen molar-refractivity contribution in [1.29, 1.82) is 0 Å². The highest BCUT2D eigenvalue weighted by molar-refractivity contribution is 5.20. The van der Waals surface area contributed by atoms with Crippen LogP contribution >= 0.6 is 0 Å². The molecule has 1 aromatic carbocycles. The number of rotatable bonds is 3. The van der Waals surface area contributed by atoms with E-state index in [-0.39, 0.29) is 5.82 Å². The lowest BCUT2D eigenvalue weighted by atomic mass is 9.83. The lowest BCUT2D eigenvalue weighted by Crippen LogP contribution is -2.30. The molecule has 1 rings (SSSR count). The zero-order valence-corrected chi connectivity index (χ0v) is 8.50. The maximum atomic E-state index is 12.6. The number of nitrogens with two attached hydrogens (primary N) is 1. The highest BCUT2D eigenvalue weighted by Gasteiger charge is 2.27. The molecule has 0 saturated carbocycles. The van der Waals surface area contributed by atoms with Gasteiger partial charge < -0.3 is 10.8 Å². The molecule has 0 amide bonds. The fourth-order valence-corrected chi connectivity index (χ4v) is 1.21. The summed E-state index contributed by atoms with van der Waals surface area (Å²) in [6, 6.07) is 5.84. The van der Waals surface area contributed by atoms with E-state index in [2.05, 4.69) is 0 Å². The molecule has 0 bridgehead atoms. The highest BCUT2D eigenvalue weighted by atomic mass is 19.1. The fraction of sp³-hybridized carbons (Fsp3) is 0.455. The van der Waals surface area contributed by atoms with E-state index in [1.165, 1.54) is 12.1 Å². The van der Waals surface area contributed by atoms with Gasteiger partial charge in [-0.05, 0) is 17.7 Å². The van der Waals surface area contributed by atoms with Crippen LogP contribution in [0.1, 0.15) is 25.5 Å². The van der Waals surface area contributed by atoms with Gasteiger partial charge in [-0.15, -0.1) is 0 Å². The van der Waals surface area contributed by atoms with Crippen molar-refractivity contribution in [3.8, 4) is 0 Å². The van der Waals surface area contributed by atoms with Crippen LogP contribution in [0, 0.1) is 11.2 Å². The van der Waals surface area contributed by atoms with E-state index in [1.54, 1.807) is 12.1 Å².